The van der Waals surface area contributed by atoms with Gasteiger partial charge in [-0.3, -0.25) is 4.55 Å². The van der Waals surface area contributed by atoms with Crippen molar-refractivity contribution in [2.45, 2.75) is 38.2 Å². The second-order valence-electron chi connectivity index (χ2n) is 6.30. The molecule has 1 N–H and O–H groups in total. The van der Waals surface area contributed by atoms with Gasteiger partial charge in [0.1, 0.15) is 19.0 Å². The fourth-order valence-corrected chi connectivity index (χ4v) is 3.70. The molecule has 0 aromatic carbocycles. The van der Waals surface area contributed by atoms with Crippen molar-refractivity contribution >= 4 is 33.4 Å². The summed E-state index contributed by atoms with van der Waals surface area (Å²) in [6, 6.07) is 0. The largest absolute Gasteiger partial charge is 0.484 e. The van der Waals surface area contributed by atoms with Gasteiger partial charge in [-0.15, -0.1) is 11.3 Å². The average Bonchev–Trinajstić information content (AvgIpc) is 2.98. The molecule has 0 saturated heterocycles. The third kappa shape index (κ3) is 6.39. The summed E-state index contributed by atoms with van der Waals surface area (Å²) in [6.07, 6.45) is -10.5. The normalized spacial score (nSPS) is 16.4. The van der Waals surface area contributed by atoms with Crippen LogP contribution in [0.1, 0.15) is 33.2 Å². The van der Waals surface area contributed by atoms with E-state index >= 15 is 0 Å². The minimum Gasteiger partial charge on any atom is -0.484 e. The Balaban J connectivity index is 2.36. The van der Waals surface area contributed by atoms with Crippen molar-refractivity contribution < 1.29 is 63.5 Å². The molecule has 176 valence electrons. The lowest BCUT2D eigenvalue weighted by Gasteiger charge is -2.20. The molecule has 2 atom stereocenters. The molecule has 0 fully saturated rings. The molecule has 0 bridgehead atoms. The first-order valence-electron chi connectivity index (χ1n) is 8.24. The van der Waals surface area contributed by atoms with Gasteiger partial charge in [-0.25, -0.2) is 18.4 Å². The molecule has 0 amide bonds. The van der Waals surface area contributed by atoms with Crippen molar-refractivity contribution in [3.8, 4) is 11.5 Å². The third-order valence-electron chi connectivity index (χ3n) is 3.74. The van der Waals surface area contributed by atoms with Crippen LogP contribution in [0.3, 0.4) is 0 Å². The molecule has 1 aromatic rings. The first-order valence-corrected chi connectivity index (χ1v) is 10.7. The van der Waals surface area contributed by atoms with Gasteiger partial charge in [0, 0.05) is 6.92 Å². The number of carbonyl (C=O) groups excluding carboxylic acids is 2. The smallest absolute Gasteiger partial charge is 0.426 e. The van der Waals surface area contributed by atoms with Gasteiger partial charge < -0.3 is 18.9 Å². The topological polar surface area (TPSA) is 125 Å². The van der Waals surface area contributed by atoms with E-state index in [4.69, 9.17) is 14.0 Å². The fraction of sp³-hybridized carbons (Fsp3) is 0.600. The lowest BCUT2D eigenvalue weighted by molar-refractivity contribution is -0.197. The molecule has 1 aliphatic heterocycles. The maximum atomic E-state index is 13.3. The van der Waals surface area contributed by atoms with Crippen LogP contribution in [-0.2, 0) is 19.6 Å². The van der Waals surface area contributed by atoms with Crippen molar-refractivity contribution in [2.75, 3.05) is 19.0 Å². The van der Waals surface area contributed by atoms with Crippen LogP contribution in [0.15, 0.2) is 0 Å². The quantitative estimate of drug-likeness (QED) is 0.343. The molecule has 9 nitrogen and oxygen atoms in total. The van der Waals surface area contributed by atoms with E-state index in [0.717, 1.165) is 6.92 Å². The van der Waals surface area contributed by atoms with E-state index in [9.17, 15) is 40.0 Å². The molecule has 0 saturated carbocycles. The van der Waals surface area contributed by atoms with Crippen LogP contribution in [0.25, 0.3) is 0 Å². The highest BCUT2D eigenvalue weighted by Gasteiger charge is 2.47. The highest BCUT2D eigenvalue weighted by atomic mass is 32.2. The number of esters is 2. The van der Waals surface area contributed by atoms with E-state index < -0.39 is 73.4 Å². The summed E-state index contributed by atoms with van der Waals surface area (Å²) in [5.41, 5.74) is 0. The molecule has 16 heteroatoms. The first kappa shape index (κ1) is 25.1. The fourth-order valence-electron chi connectivity index (χ4n) is 2.11. The lowest BCUT2D eigenvalue weighted by Crippen LogP contribution is -2.39. The van der Waals surface area contributed by atoms with Crippen molar-refractivity contribution in [1.82, 2.24) is 0 Å². The van der Waals surface area contributed by atoms with Crippen LogP contribution >= 0.6 is 11.3 Å². The Hall–Kier alpha value is -2.20. The number of halogens is 5. The summed E-state index contributed by atoms with van der Waals surface area (Å²) in [5.74, 6) is -9.39. The molecule has 1 aliphatic rings. The molecule has 1 aromatic heterocycles. The zero-order valence-corrected chi connectivity index (χ0v) is 17.3. The van der Waals surface area contributed by atoms with Gasteiger partial charge in [-0.05, 0) is 6.92 Å². The van der Waals surface area contributed by atoms with Crippen LogP contribution < -0.4 is 9.47 Å². The zero-order chi connectivity index (χ0) is 23.8. The minimum atomic E-state index is -5.36. The van der Waals surface area contributed by atoms with Gasteiger partial charge in [0.15, 0.2) is 27.4 Å². The van der Waals surface area contributed by atoms with Crippen molar-refractivity contribution in [2.24, 2.45) is 0 Å². The van der Waals surface area contributed by atoms with E-state index in [1.807, 2.05) is 0 Å². The number of hydrogen-bond donors (Lipinski definition) is 1. The summed E-state index contributed by atoms with van der Waals surface area (Å²) < 4.78 is 115. The second-order valence-corrected chi connectivity index (χ2v) is 8.82. The van der Waals surface area contributed by atoms with E-state index in [-0.39, 0.29) is 24.6 Å². The standard InChI is InChI=1S/C15H15F5O9S2/c1-6(14(2,16)17)28-12(21)10-8-9(27-4-3-26-8)11(30-10)13(22)29-7(15(18,19)20)5-31(23,24)25/h6-7H,3-5H2,1-2H3,(H,23,24,25). The van der Waals surface area contributed by atoms with Crippen LogP contribution in [0, 0.1) is 0 Å². The van der Waals surface area contributed by atoms with Gasteiger partial charge in [0.05, 0.1) is 0 Å². The average molecular weight is 498 g/mol. The van der Waals surface area contributed by atoms with Gasteiger partial charge in [-0.2, -0.15) is 21.6 Å². The van der Waals surface area contributed by atoms with Gasteiger partial charge in [0.2, 0.25) is 6.10 Å². The number of fused-ring (bicyclic) bond motifs is 1. The number of rotatable bonds is 7. The number of alkyl halides is 5. The summed E-state index contributed by atoms with van der Waals surface area (Å²) in [7, 11) is -5.18. The second kappa shape index (κ2) is 8.74. The Morgan fingerprint density at radius 2 is 1.52 bits per heavy atom. The molecule has 31 heavy (non-hydrogen) atoms. The molecule has 2 rings (SSSR count). The number of thiophene rings is 1. The summed E-state index contributed by atoms with van der Waals surface area (Å²) in [5, 5.41) is 0. The third-order valence-corrected chi connectivity index (χ3v) is 5.58. The summed E-state index contributed by atoms with van der Waals surface area (Å²) in [6.45, 7) is 1.08. The van der Waals surface area contributed by atoms with Crippen LogP contribution in [-0.4, -0.2) is 68.2 Å². The molecule has 0 radical (unpaired) electrons. The monoisotopic (exact) mass is 498 g/mol. The van der Waals surface area contributed by atoms with E-state index in [2.05, 4.69) is 9.47 Å². The summed E-state index contributed by atoms with van der Waals surface area (Å²) in [4.78, 5) is 23.3. The van der Waals surface area contributed by atoms with Crippen molar-refractivity contribution in [3.05, 3.63) is 9.75 Å². The van der Waals surface area contributed by atoms with E-state index in [1.54, 1.807) is 0 Å². The summed E-state index contributed by atoms with van der Waals surface area (Å²) >= 11 is 0.191. The van der Waals surface area contributed by atoms with Crippen molar-refractivity contribution in [1.29, 1.82) is 0 Å². The van der Waals surface area contributed by atoms with Gasteiger partial charge >= 0.3 is 18.1 Å². The van der Waals surface area contributed by atoms with Crippen LogP contribution in [0.4, 0.5) is 22.0 Å². The predicted octanol–water partition coefficient (Wildman–Crippen LogP) is 2.70. The minimum absolute atomic E-state index is 0.133. The molecular weight excluding hydrogens is 483 g/mol. The zero-order valence-electron chi connectivity index (χ0n) is 15.7. The number of ether oxygens (including phenoxy) is 4. The highest BCUT2D eigenvalue weighted by Crippen LogP contribution is 2.45. The van der Waals surface area contributed by atoms with Crippen molar-refractivity contribution in [3.63, 3.8) is 0 Å². The van der Waals surface area contributed by atoms with Gasteiger partial charge in [0.25, 0.3) is 16.0 Å². The maximum Gasteiger partial charge on any atom is 0.426 e. The Bertz CT molecular complexity index is 949. The van der Waals surface area contributed by atoms with Gasteiger partial charge in [-0.1, -0.05) is 0 Å². The van der Waals surface area contributed by atoms with Crippen LogP contribution in [0.2, 0.25) is 0 Å². The van der Waals surface area contributed by atoms with Crippen LogP contribution in [0.5, 0.6) is 11.5 Å². The first-order chi connectivity index (χ1) is 14.0. The SMILES string of the molecule is CC(OC(=O)c1sc(C(=O)OC(CS(=O)(=O)O)C(F)(F)F)c2c1OCCO2)C(C)(F)F. The number of carbonyl (C=O) groups is 2. The molecule has 0 aliphatic carbocycles. The molecular formula is C15H15F5O9S2. The highest BCUT2D eigenvalue weighted by molar-refractivity contribution is 7.85. The van der Waals surface area contributed by atoms with E-state index in [0.29, 0.717) is 6.92 Å². The Morgan fingerprint density at radius 1 is 1.06 bits per heavy atom. The lowest BCUT2D eigenvalue weighted by atomic mass is 10.2. The predicted molar refractivity (Wildman–Crippen MR) is 92.5 cm³/mol. The Morgan fingerprint density at radius 3 is 1.90 bits per heavy atom. The Labute approximate surface area is 175 Å². The van der Waals surface area contributed by atoms with E-state index in [1.165, 1.54) is 0 Å². The Kier molecular flexibility index (Phi) is 7.07. The molecule has 2 heterocycles. The maximum absolute atomic E-state index is 13.3. The molecule has 0 spiro atoms. The molecule has 2 unspecified atom stereocenters. The number of hydrogen-bond acceptors (Lipinski definition) is 9.